The first-order chi connectivity index (χ1) is 15.1. The fourth-order valence-electron chi connectivity index (χ4n) is 3.00. The van der Waals surface area contributed by atoms with Crippen LogP contribution in [0.1, 0.15) is 16.1 Å². The lowest BCUT2D eigenvalue weighted by Gasteiger charge is -2.07. The molecule has 0 radical (unpaired) electrons. The molecule has 0 unspecified atom stereocenters. The van der Waals surface area contributed by atoms with Gasteiger partial charge in [-0.2, -0.15) is 10.4 Å². The van der Waals surface area contributed by atoms with Crippen molar-refractivity contribution in [2.45, 2.75) is 6.54 Å². The standard InChI is InChI=1S/C23H17ClN4O3/c24-17-6-8-18(9-7-17)28-21(22-5-2-11-31-22)14-20(27-28)23(29)26-15-16-3-1-4-19(13-16)30-12-10-25/h1-9,11,13-14H,12,15H2,(H,26,29). The van der Waals surface area contributed by atoms with Crippen LogP contribution in [0.5, 0.6) is 5.75 Å². The zero-order chi connectivity index (χ0) is 21.6. The van der Waals surface area contributed by atoms with Crippen LogP contribution in [0.25, 0.3) is 17.1 Å². The monoisotopic (exact) mass is 432 g/mol. The van der Waals surface area contributed by atoms with Crippen LogP contribution in [-0.4, -0.2) is 22.3 Å². The number of nitriles is 1. The molecule has 1 amide bonds. The van der Waals surface area contributed by atoms with Gasteiger partial charge in [0, 0.05) is 17.6 Å². The molecule has 0 aliphatic heterocycles. The number of hydrogen-bond acceptors (Lipinski definition) is 5. The summed E-state index contributed by atoms with van der Waals surface area (Å²) in [5.41, 5.74) is 2.48. The van der Waals surface area contributed by atoms with Crippen LogP contribution >= 0.6 is 11.6 Å². The van der Waals surface area contributed by atoms with Gasteiger partial charge in [0.15, 0.2) is 18.1 Å². The van der Waals surface area contributed by atoms with Crippen LogP contribution in [0.2, 0.25) is 5.02 Å². The number of rotatable bonds is 7. The summed E-state index contributed by atoms with van der Waals surface area (Å²) < 4.78 is 12.5. The Balaban J connectivity index is 1.55. The van der Waals surface area contributed by atoms with Gasteiger partial charge in [0.1, 0.15) is 17.5 Å². The Morgan fingerprint density at radius 3 is 2.74 bits per heavy atom. The summed E-state index contributed by atoms with van der Waals surface area (Å²) in [6, 6.07) is 21.5. The van der Waals surface area contributed by atoms with Gasteiger partial charge in [0.05, 0.1) is 12.0 Å². The van der Waals surface area contributed by atoms with Crippen molar-refractivity contribution >= 4 is 17.5 Å². The van der Waals surface area contributed by atoms with Crippen LogP contribution in [0, 0.1) is 11.3 Å². The molecule has 7 nitrogen and oxygen atoms in total. The Morgan fingerprint density at radius 1 is 1.16 bits per heavy atom. The van der Waals surface area contributed by atoms with Gasteiger partial charge in [-0.1, -0.05) is 23.7 Å². The van der Waals surface area contributed by atoms with Crippen molar-refractivity contribution in [3.63, 3.8) is 0 Å². The predicted octanol–water partition coefficient (Wildman–Crippen LogP) is 4.62. The van der Waals surface area contributed by atoms with Crippen LogP contribution < -0.4 is 10.1 Å². The fraction of sp³-hybridized carbons (Fsp3) is 0.0870. The molecule has 0 bridgehead atoms. The van der Waals surface area contributed by atoms with E-state index in [2.05, 4.69) is 10.4 Å². The zero-order valence-corrected chi connectivity index (χ0v) is 17.0. The van der Waals surface area contributed by atoms with Crippen molar-refractivity contribution in [1.29, 1.82) is 5.26 Å². The Kier molecular flexibility index (Phi) is 6.01. The van der Waals surface area contributed by atoms with Gasteiger partial charge in [0.25, 0.3) is 5.91 Å². The number of benzene rings is 2. The maximum atomic E-state index is 12.8. The average Bonchev–Trinajstić information content (AvgIpc) is 3.47. The Bertz CT molecular complexity index is 1220. The average molecular weight is 433 g/mol. The Labute approximate surface area is 183 Å². The van der Waals surface area contributed by atoms with Gasteiger partial charge in [-0.05, 0) is 54.1 Å². The predicted molar refractivity (Wildman–Crippen MR) is 115 cm³/mol. The van der Waals surface area contributed by atoms with Gasteiger partial charge >= 0.3 is 0 Å². The number of ether oxygens (including phenoxy) is 1. The second-order valence-electron chi connectivity index (χ2n) is 6.56. The maximum Gasteiger partial charge on any atom is 0.272 e. The molecule has 0 atom stereocenters. The van der Waals surface area contributed by atoms with Crippen molar-refractivity contribution in [2.75, 3.05) is 6.61 Å². The summed E-state index contributed by atoms with van der Waals surface area (Å²) >= 11 is 6.00. The van der Waals surface area contributed by atoms with E-state index in [1.54, 1.807) is 59.5 Å². The van der Waals surface area contributed by atoms with E-state index >= 15 is 0 Å². The van der Waals surface area contributed by atoms with Gasteiger partial charge in [0.2, 0.25) is 0 Å². The summed E-state index contributed by atoms with van der Waals surface area (Å²) in [7, 11) is 0. The maximum absolute atomic E-state index is 12.8. The minimum Gasteiger partial charge on any atom is -0.479 e. The molecule has 0 aliphatic carbocycles. The zero-order valence-electron chi connectivity index (χ0n) is 16.3. The van der Waals surface area contributed by atoms with E-state index in [1.165, 1.54) is 0 Å². The van der Waals surface area contributed by atoms with Crippen LogP contribution in [-0.2, 0) is 6.54 Å². The molecule has 2 heterocycles. The minimum absolute atomic E-state index is 0.0342. The molecule has 4 rings (SSSR count). The number of hydrogen-bond donors (Lipinski definition) is 1. The number of halogens is 1. The second kappa shape index (κ2) is 9.20. The van der Waals surface area contributed by atoms with Gasteiger partial charge < -0.3 is 14.5 Å². The third kappa shape index (κ3) is 4.77. The van der Waals surface area contributed by atoms with E-state index < -0.39 is 0 Å². The van der Waals surface area contributed by atoms with E-state index in [0.717, 1.165) is 11.3 Å². The second-order valence-corrected chi connectivity index (χ2v) is 6.99. The molecular formula is C23H17ClN4O3. The van der Waals surface area contributed by atoms with Gasteiger partial charge in [-0.3, -0.25) is 4.79 Å². The SMILES string of the molecule is N#CCOc1cccc(CNC(=O)c2cc(-c3ccco3)n(-c3ccc(Cl)cc3)n2)c1. The quantitative estimate of drug-likeness (QED) is 0.460. The molecule has 8 heteroatoms. The number of amides is 1. The first-order valence-corrected chi connectivity index (χ1v) is 9.78. The Morgan fingerprint density at radius 2 is 2.00 bits per heavy atom. The number of nitrogens with one attached hydrogen (secondary N) is 1. The molecular weight excluding hydrogens is 416 g/mol. The van der Waals surface area contributed by atoms with Crippen molar-refractivity contribution < 1.29 is 13.9 Å². The molecule has 2 aromatic carbocycles. The summed E-state index contributed by atoms with van der Waals surface area (Å²) in [5.74, 6) is 0.827. The third-order valence-electron chi connectivity index (χ3n) is 4.44. The molecule has 0 aliphatic rings. The number of furan rings is 1. The van der Waals surface area contributed by atoms with E-state index in [0.29, 0.717) is 22.2 Å². The molecule has 0 spiro atoms. The molecule has 1 N–H and O–H groups in total. The topological polar surface area (TPSA) is 93.1 Å². The molecule has 0 fully saturated rings. The first kappa shape index (κ1) is 20.3. The highest BCUT2D eigenvalue weighted by Gasteiger charge is 2.18. The van der Waals surface area contributed by atoms with Crippen LogP contribution in [0.4, 0.5) is 0 Å². The van der Waals surface area contributed by atoms with E-state index in [4.69, 9.17) is 26.0 Å². The van der Waals surface area contributed by atoms with Crippen LogP contribution in [0.15, 0.2) is 77.4 Å². The smallest absolute Gasteiger partial charge is 0.272 e. The summed E-state index contributed by atoms with van der Waals surface area (Å²) in [5, 5.41) is 16.6. The number of aromatic nitrogens is 2. The lowest BCUT2D eigenvalue weighted by atomic mass is 10.2. The van der Waals surface area contributed by atoms with Crippen LogP contribution in [0.3, 0.4) is 0 Å². The van der Waals surface area contributed by atoms with E-state index in [-0.39, 0.29) is 24.8 Å². The molecule has 4 aromatic rings. The number of carbonyl (C=O) groups is 1. The third-order valence-corrected chi connectivity index (χ3v) is 4.69. The lowest BCUT2D eigenvalue weighted by Crippen LogP contribution is -2.23. The van der Waals surface area contributed by atoms with Crippen molar-refractivity contribution in [2.24, 2.45) is 0 Å². The van der Waals surface area contributed by atoms with Gasteiger partial charge in [-0.15, -0.1) is 0 Å². The van der Waals surface area contributed by atoms with Crippen molar-refractivity contribution in [3.8, 4) is 29.0 Å². The Hall–Kier alpha value is -4.02. The lowest BCUT2D eigenvalue weighted by molar-refractivity contribution is 0.0945. The molecule has 2 aromatic heterocycles. The van der Waals surface area contributed by atoms with E-state index in [1.807, 2.05) is 24.3 Å². The molecule has 154 valence electrons. The molecule has 0 saturated heterocycles. The summed E-state index contributed by atoms with van der Waals surface area (Å²) in [6.45, 7) is 0.250. The number of nitrogens with zero attached hydrogens (tertiary/aromatic N) is 3. The van der Waals surface area contributed by atoms with Crippen molar-refractivity contribution in [3.05, 3.63) is 89.3 Å². The minimum atomic E-state index is -0.330. The highest BCUT2D eigenvalue weighted by atomic mass is 35.5. The van der Waals surface area contributed by atoms with Crippen molar-refractivity contribution in [1.82, 2.24) is 15.1 Å². The van der Waals surface area contributed by atoms with Gasteiger partial charge in [-0.25, -0.2) is 4.68 Å². The number of carbonyl (C=O) groups excluding carboxylic acids is 1. The normalized spacial score (nSPS) is 10.5. The fourth-order valence-corrected chi connectivity index (χ4v) is 3.13. The highest BCUT2D eigenvalue weighted by Crippen LogP contribution is 2.25. The summed E-state index contributed by atoms with van der Waals surface area (Å²) in [4.78, 5) is 12.8. The molecule has 31 heavy (non-hydrogen) atoms. The largest absolute Gasteiger partial charge is 0.479 e. The molecule has 0 saturated carbocycles. The highest BCUT2D eigenvalue weighted by molar-refractivity contribution is 6.30. The summed E-state index contributed by atoms with van der Waals surface area (Å²) in [6.07, 6.45) is 1.57. The first-order valence-electron chi connectivity index (χ1n) is 9.41. The van der Waals surface area contributed by atoms with E-state index in [9.17, 15) is 4.79 Å².